The maximum Gasteiger partial charge on any atom is 0.138 e. The van der Waals surface area contributed by atoms with Crippen molar-refractivity contribution in [3.63, 3.8) is 0 Å². The molecule has 5 heteroatoms. The molecule has 0 fully saturated rings. The molecule has 1 aromatic rings. The standard InChI is InChI=1S/C13H24N4O/c1-13(2,3)12-15-10(14-4)9-11(16-12)17(5)7-8-18-6/h9H,7-8H2,1-6H3,(H,14,15,16). The summed E-state index contributed by atoms with van der Waals surface area (Å²) in [7, 11) is 5.58. The van der Waals surface area contributed by atoms with Crippen molar-refractivity contribution in [2.45, 2.75) is 26.2 Å². The molecule has 1 aromatic heterocycles. The van der Waals surface area contributed by atoms with E-state index < -0.39 is 0 Å². The molecule has 1 N–H and O–H groups in total. The molecule has 0 spiro atoms. The lowest BCUT2D eigenvalue weighted by Gasteiger charge is -2.23. The van der Waals surface area contributed by atoms with E-state index in [-0.39, 0.29) is 5.41 Å². The van der Waals surface area contributed by atoms with E-state index in [2.05, 4.69) is 41.0 Å². The van der Waals surface area contributed by atoms with Crippen molar-refractivity contribution in [1.29, 1.82) is 0 Å². The Kier molecular flexibility index (Phi) is 4.90. The molecule has 0 unspecified atom stereocenters. The van der Waals surface area contributed by atoms with Gasteiger partial charge in [-0.25, -0.2) is 9.97 Å². The minimum atomic E-state index is -0.0658. The van der Waals surface area contributed by atoms with Gasteiger partial charge in [0.05, 0.1) is 6.61 Å². The predicted molar refractivity (Wildman–Crippen MR) is 75.4 cm³/mol. The van der Waals surface area contributed by atoms with Gasteiger partial charge in [0.1, 0.15) is 17.5 Å². The van der Waals surface area contributed by atoms with Crippen LogP contribution in [0.15, 0.2) is 6.07 Å². The molecule has 1 rings (SSSR count). The van der Waals surface area contributed by atoms with Gasteiger partial charge in [0.2, 0.25) is 0 Å². The largest absolute Gasteiger partial charge is 0.383 e. The van der Waals surface area contributed by atoms with Gasteiger partial charge in [-0.1, -0.05) is 20.8 Å². The average Bonchev–Trinajstić information content (AvgIpc) is 2.34. The van der Waals surface area contributed by atoms with Crippen molar-refractivity contribution < 1.29 is 4.74 Å². The number of methoxy groups -OCH3 is 1. The van der Waals surface area contributed by atoms with Gasteiger partial charge in [-0.3, -0.25) is 0 Å². The summed E-state index contributed by atoms with van der Waals surface area (Å²) in [4.78, 5) is 11.2. The van der Waals surface area contributed by atoms with E-state index in [9.17, 15) is 0 Å². The average molecular weight is 252 g/mol. The second kappa shape index (κ2) is 6.00. The monoisotopic (exact) mass is 252 g/mol. The normalized spacial score (nSPS) is 11.4. The summed E-state index contributed by atoms with van der Waals surface area (Å²) < 4.78 is 5.09. The van der Waals surface area contributed by atoms with Crippen LogP contribution in [0, 0.1) is 0 Å². The molecule has 18 heavy (non-hydrogen) atoms. The molecule has 0 amide bonds. The Bertz CT molecular complexity index is 387. The number of nitrogens with zero attached hydrogens (tertiary/aromatic N) is 3. The highest BCUT2D eigenvalue weighted by Gasteiger charge is 2.19. The van der Waals surface area contributed by atoms with E-state index in [1.165, 1.54) is 0 Å². The van der Waals surface area contributed by atoms with Crippen LogP contribution in [0.4, 0.5) is 11.6 Å². The zero-order valence-corrected chi connectivity index (χ0v) is 12.2. The number of nitrogens with one attached hydrogen (secondary N) is 1. The molecule has 0 aromatic carbocycles. The quantitative estimate of drug-likeness (QED) is 0.867. The van der Waals surface area contributed by atoms with Crippen LogP contribution in [0.5, 0.6) is 0 Å². The van der Waals surface area contributed by atoms with Crippen molar-refractivity contribution in [3.8, 4) is 0 Å². The Balaban J connectivity index is 3.04. The van der Waals surface area contributed by atoms with Crippen molar-refractivity contribution >= 4 is 11.6 Å². The van der Waals surface area contributed by atoms with Gasteiger partial charge >= 0.3 is 0 Å². The SMILES string of the molecule is CNc1cc(N(C)CCOC)nc(C(C)(C)C)n1. The molecule has 0 atom stereocenters. The second-order valence-electron chi connectivity index (χ2n) is 5.35. The van der Waals surface area contributed by atoms with Crippen molar-refractivity contribution in [3.05, 3.63) is 11.9 Å². The lowest BCUT2D eigenvalue weighted by atomic mass is 9.96. The van der Waals surface area contributed by atoms with Gasteiger partial charge in [0.25, 0.3) is 0 Å². The first kappa shape index (κ1) is 14.7. The number of ether oxygens (including phenoxy) is 1. The van der Waals surface area contributed by atoms with E-state index in [0.717, 1.165) is 24.0 Å². The third kappa shape index (κ3) is 3.84. The Morgan fingerprint density at radius 2 is 2.00 bits per heavy atom. The molecule has 1 heterocycles. The molecule has 0 saturated carbocycles. The van der Waals surface area contributed by atoms with Crippen molar-refractivity contribution in [1.82, 2.24) is 9.97 Å². The smallest absolute Gasteiger partial charge is 0.138 e. The highest BCUT2D eigenvalue weighted by atomic mass is 16.5. The Morgan fingerprint density at radius 3 is 2.50 bits per heavy atom. The van der Waals surface area contributed by atoms with E-state index in [1.54, 1.807) is 7.11 Å². The minimum absolute atomic E-state index is 0.0658. The summed E-state index contributed by atoms with van der Waals surface area (Å²) in [5, 5.41) is 3.08. The Morgan fingerprint density at radius 1 is 1.33 bits per heavy atom. The molecule has 0 aliphatic rings. The number of anilines is 2. The first-order valence-electron chi connectivity index (χ1n) is 6.16. The van der Waals surface area contributed by atoms with Gasteiger partial charge in [-0.05, 0) is 0 Å². The van der Waals surface area contributed by atoms with Gasteiger partial charge in [-0.2, -0.15) is 0 Å². The molecule has 0 aliphatic carbocycles. The number of likely N-dealkylation sites (N-methyl/N-ethyl adjacent to an activating group) is 1. The number of aromatic nitrogens is 2. The van der Waals surface area contributed by atoms with Gasteiger partial charge in [0, 0.05) is 39.2 Å². The fourth-order valence-corrected chi connectivity index (χ4v) is 1.44. The molecule has 5 nitrogen and oxygen atoms in total. The van der Waals surface area contributed by atoms with Crippen LogP contribution in [-0.2, 0) is 10.2 Å². The molecule has 102 valence electrons. The minimum Gasteiger partial charge on any atom is -0.383 e. The van der Waals surface area contributed by atoms with Crippen LogP contribution in [0.2, 0.25) is 0 Å². The van der Waals surface area contributed by atoms with E-state index >= 15 is 0 Å². The van der Waals surface area contributed by atoms with Crippen molar-refractivity contribution in [2.24, 2.45) is 0 Å². The zero-order chi connectivity index (χ0) is 13.8. The molecule has 0 aliphatic heterocycles. The molecule has 0 saturated heterocycles. The second-order valence-corrected chi connectivity index (χ2v) is 5.35. The first-order valence-corrected chi connectivity index (χ1v) is 6.16. The van der Waals surface area contributed by atoms with Gasteiger partial charge < -0.3 is 15.0 Å². The Hall–Kier alpha value is -1.36. The molecular formula is C13H24N4O. The summed E-state index contributed by atoms with van der Waals surface area (Å²) in [6.45, 7) is 7.82. The summed E-state index contributed by atoms with van der Waals surface area (Å²) in [6, 6.07) is 1.95. The van der Waals surface area contributed by atoms with E-state index in [0.29, 0.717) is 6.61 Å². The number of rotatable bonds is 5. The third-order valence-corrected chi connectivity index (χ3v) is 2.66. The fourth-order valence-electron chi connectivity index (χ4n) is 1.44. The summed E-state index contributed by atoms with van der Waals surface area (Å²) in [5.41, 5.74) is -0.0658. The van der Waals surface area contributed by atoms with Crippen LogP contribution in [0.1, 0.15) is 26.6 Å². The predicted octanol–water partition coefficient (Wildman–Crippen LogP) is 1.90. The maximum absolute atomic E-state index is 5.09. The van der Waals surface area contributed by atoms with Crippen LogP contribution in [0.25, 0.3) is 0 Å². The first-order chi connectivity index (χ1) is 8.38. The number of hydrogen-bond acceptors (Lipinski definition) is 5. The van der Waals surface area contributed by atoms with Crippen LogP contribution >= 0.6 is 0 Å². The van der Waals surface area contributed by atoms with Crippen LogP contribution < -0.4 is 10.2 Å². The van der Waals surface area contributed by atoms with Gasteiger partial charge in [-0.15, -0.1) is 0 Å². The topological polar surface area (TPSA) is 50.3 Å². The highest BCUT2D eigenvalue weighted by Crippen LogP contribution is 2.23. The lowest BCUT2D eigenvalue weighted by molar-refractivity contribution is 0.206. The molecular weight excluding hydrogens is 228 g/mol. The third-order valence-electron chi connectivity index (χ3n) is 2.66. The molecule has 0 bridgehead atoms. The van der Waals surface area contributed by atoms with Crippen molar-refractivity contribution in [2.75, 3.05) is 44.6 Å². The summed E-state index contributed by atoms with van der Waals surface area (Å²) >= 11 is 0. The maximum atomic E-state index is 5.09. The number of hydrogen-bond donors (Lipinski definition) is 1. The highest BCUT2D eigenvalue weighted by molar-refractivity contribution is 5.49. The van der Waals surface area contributed by atoms with Crippen LogP contribution in [-0.4, -0.2) is 44.3 Å². The fraction of sp³-hybridized carbons (Fsp3) is 0.692. The summed E-state index contributed by atoms with van der Waals surface area (Å²) in [6.07, 6.45) is 0. The molecule has 0 radical (unpaired) electrons. The lowest BCUT2D eigenvalue weighted by Crippen LogP contribution is -2.25. The van der Waals surface area contributed by atoms with E-state index in [4.69, 9.17) is 4.74 Å². The van der Waals surface area contributed by atoms with Crippen LogP contribution in [0.3, 0.4) is 0 Å². The zero-order valence-electron chi connectivity index (χ0n) is 12.2. The summed E-state index contributed by atoms with van der Waals surface area (Å²) in [5.74, 6) is 2.60. The van der Waals surface area contributed by atoms with Gasteiger partial charge in [0.15, 0.2) is 0 Å². The Labute approximate surface area is 110 Å². The van der Waals surface area contributed by atoms with E-state index in [1.807, 2.05) is 20.2 Å².